The lowest BCUT2D eigenvalue weighted by Crippen LogP contribution is -2.18. The monoisotopic (exact) mass is 437 g/mol. The Morgan fingerprint density at radius 3 is 2.52 bits per heavy atom. The summed E-state index contributed by atoms with van der Waals surface area (Å²) in [4.78, 5) is 16.6. The number of carbonyl (C=O) groups is 1. The maximum absolute atomic E-state index is 13.5. The molecule has 0 fully saturated rings. The average molecular weight is 438 g/mol. The Morgan fingerprint density at radius 1 is 1.06 bits per heavy atom. The maximum atomic E-state index is 13.5. The smallest absolute Gasteiger partial charge is 0.235 e. The van der Waals surface area contributed by atoms with E-state index in [1.54, 1.807) is 46.0 Å². The van der Waals surface area contributed by atoms with Crippen LogP contribution in [0.25, 0.3) is 17.1 Å². The number of amides is 1. The lowest BCUT2D eigenvalue weighted by atomic mass is 10.2. The number of nitrogens with one attached hydrogen (secondary N) is 1. The molecule has 4 aromatic rings. The summed E-state index contributed by atoms with van der Waals surface area (Å²) in [6.07, 6.45) is 4.98. The van der Waals surface area contributed by atoms with Crippen LogP contribution in [0.1, 0.15) is 19.9 Å². The zero-order chi connectivity index (χ0) is 21.8. The Balaban J connectivity index is 1.58. The van der Waals surface area contributed by atoms with Crippen LogP contribution in [0.3, 0.4) is 0 Å². The number of carbonyl (C=O) groups excluding carboxylic acids is 1. The number of rotatable bonds is 7. The van der Waals surface area contributed by atoms with E-state index in [1.807, 2.05) is 26.0 Å². The fraction of sp³-hybridized carbons (Fsp3) is 0.190. The second-order valence-corrected chi connectivity index (χ2v) is 7.89. The first kappa shape index (κ1) is 20.7. The summed E-state index contributed by atoms with van der Waals surface area (Å²) in [5, 5.41) is 16.2. The summed E-state index contributed by atoms with van der Waals surface area (Å²) >= 11 is 1.24. The van der Waals surface area contributed by atoms with Crippen molar-refractivity contribution in [3.63, 3.8) is 0 Å². The number of anilines is 1. The van der Waals surface area contributed by atoms with Crippen LogP contribution >= 0.6 is 11.8 Å². The van der Waals surface area contributed by atoms with Crippen molar-refractivity contribution in [2.75, 3.05) is 11.1 Å². The Kier molecular flexibility index (Phi) is 6.08. The molecule has 8 nitrogen and oxygen atoms in total. The number of hydrogen-bond acceptors (Lipinski definition) is 6. The Labute approximate surface area is 182 Å². The first-order chi connectivity index (χ1) is 15.0. The van der Waals surface area contributed by atoms with E-state index < -0.39 is 0 Å². The van der Waals surface area contributed by atoms with Crippen LogP contribution in [-0.4, -0.2) is 41.2 Å². The Bertz CT molecular complexity index is 1170. The first-order valence-corrected chi connectivity index (χ1v) is 10.6. The van der Waals surface area contributed by atoms with Crippen molar-refractivity contribution in [3.05, 3.63) is 66.9 Å². The van der Waals surface area contributed by atoms with Gasteiger partial charge in [-0.25, -0.2) is 9.07 Å². The van der Waals surface area contributed by atoms with Gasteiger partial charge in [0.2, 0.25) is 5.91 Å². The molecule has 0 aliphatic heterocycles. The van der Waals surface area contributed by atoms with Gasteiger partial charge >= 0.3 is 0 Å². The predicted molar refractivity (Wildman–Crippen MR) is 117 cm³/mol. The van der Waals surface area contributed by atoms with E-state index in [0.717, 1.165) is 5.56 Å². The summed E-state index contributed by atoms with van der Waals surface area (Å²) in [6.45, 7) is 3.98. The number of benzene rings is 1. The fourth-order valence-corrected chi connectivity index (χ4v) is 3.76. The van der Waals surface area contributed by atoms with Crippen LogP contribution in [0.15, 0.2) is 66.2 Å². The van der Waals surface area contributed by atoms with E-state index in [1.165, 1.54) is 23.9 Å². The maximum Gasteiger partial charge on any atom is 0.235 e. The second kappa shape index (κ2) is 9.09. The number of thioether (sulfide) groups is 1. The molecule has 0 spiro atoms. The highest BCUT2D eigenvalue weighted by Gasteiger charge is 2.18. The average Bonchev–Trinajstić information content (AvgIpc) is 3.40. The first-order valence-electron chi connectivity index (χ1n) is 9.61. The third kappa shape index (κ3) is 4.64. The van der Waals surface area contributed by atoms with Gasteiger partial charge in [-0.3, -0.25) is 14.3 Å². The third-order valence-corrected chi connectivity index (χ3v) is 5.34. The number of halogens is 1. The van der Waals surface area contributed by atoms with Crippen molar-refractivity contribution in [1.29, 1.82) is 0 Å². The van der Waals surface area contributed by atoms with E-state index in [9.17, 15) is 9.18 Å². The predicted octanol–water partition coefficient (Wildman–Crippen LogP) is 3.98. The highest BCUT2D eigenvalue weighted by Crippen LogP contribution is 2.28. The molecule has 0 radical (unpaired) electrons. The Hall–Kier alpha value is -3.53. The zero-order valence-electron chi connectivity index (χ0n) is 16.9. The van der Waals surface area contributed by atoms with Gasteiger partial charge in [0.1, 0.15) is 11.6 Å². The molecule has 4 rings (SSSR count). The lowest BCUT2D eigenvalue weighted by Gasteiger charge is -2.12. The third-order valence-electron chi connectivity index (χ3n) is 4.42. The normalized spacial score (nSPS) is 11.1. The van der Waals surface area contributed by atoms with Crippen LogP contribution < -0.4 is 5.32 Å². The highest BCUT2D eigenvalue weighted by molar-refractivity contribution is 7.99. The van der Waals surface area contributed by atoms with Crippen LogP contribution in [0.5, 0.6) is 0 Å². The number of hydrogen-bond donors (Lipinski definition) is 1. The standard InChI is InChI=1S/C21H20FN7OS/c1-14(2)29-18(9-12-24-29)25-19(30)13-31-21-27-26-20(15-7-10-23-11-8-15)28(21)17-5-3-16(22)4-6-17/h3-12,14H,13H2,1-2H3,(H,25,30). The van der Waals surface area contributed by atoms with E-state index in [0.29, 0.717) is 22.5 Å². The van der Waals surface area contributed by atoms with Crippen LogP contribution in [0.4, 0.5) is 10.2 Å². The Morgan fingerprint density at radius 2 is 1.81 bits per heavy atom. The molecule has 3 aromatic heterocycles. The molecule has 0 aliphatic rings. The van der Waals surface area contributed by atoms with Gasteiger partial charge in [-0.15, -0.1) is 10.2 Å². The van der Waals surface area contributed by atoms with E-state index in [-0.39, 0.29) is 23.5 Å². The van der Waals surface area contributed by atoms with Gasteiger partial charge in [-0.05, 0) is 50.2 Å². The minimum absolute atomic E-state index is 0.124. The van der Waals surface area contributed by atoms with E-state index >= 15 is 0 Å². The molecule has 158 valence electrons. The van der Waals surface area contributed by atoms with Crippen molar-refractivity contribution in [3.8, 4) is 17.1 Å². The second-order valence-electron chi connectivity index (χ2n) is 6.95. The molecular weight excluding hydrogens is 417 g/mol. The molecule has 0 saturated heterocycles. The lowest BCUT2D eigenvalue weighted by molar-refractivity contribution is -0.113. The summed E-state index contributed by atoms with van der Waals surface area (Å²) in [6, 6.07) is 11.6. The van der Waals surface area contributed by atoms with E-state index in [2.05, 4.69) is 25.6 Å². The molecule has 1 amide bonds. The molecule has 10 heteroatoms. The van der Waals surface area contributed by atoms with Gasteiger partial charge in [-0.1, -0.05) is 11.8 Å². The van der Waals surface area contributed by atoms with Gasteiger partial charge in [0.15, 0.2) is 11.0 Å². The van der Waals surface area contributed by atoms with Gasteiger partial charge in [0.05, 0.1) is 11.9 Å². The van der Waals surface area contributed by atoms with Crippen molar-refractivity contribution in [2.45, 2.75) is 25.0 Å². The molecule has 1 aromatic carbocycles. The van der Waals surface area contributed by atoms with Gasteiger partial charge in [0, 0.05) is 35.8 Å². The topological polar surface area (TPSA) is 90.5 Å². The molecule has 31 heavy (non-hydrogen) atoms. The van der Waals surface area contributed by atoms with E-state index in [4.69, 9.17) is 0 Å². The zero-order valence-corrected chi connectivity index (χ0v) is 17.8. The molecule has 0 atom stereocenters. The van der Waals surface area contributed by atoms with Crippen molar-refractivity contribution >= 4 is 23.5 Å². The molecular formula is C21H20FN7OS. The summed E-state index contributed by atoms with van der Waals surface area (Å²) in [7, 11) is 0. The largest absolute Gasteiger partial charge is 0.310 e. The highest BCUT2D eigenvalue weighted by atomic mass is 32.2. The van der Waals surface area contributed by atoms with Gasteiger partial charge in [0.25, 0.3) is 0 Å². The minimum Gasteiger partial charge on any atom is -0.310 e. The molecule has 3 heterocycles. The molecule has 0 unspecified atom stereocenters. The summed E-state index contributed by atoms with van der Waals surface area (Å²) in [5.41, 5.74) is 1.50. The molecule has 0 bridgehead atoms. The number of nitrogens with zero attached hydrogens (tertiary/aromatic N) is 6. The van der Waals surface area contributed by atoms with Crippen LogP contribution in [-0.2, 0) is 4.79 Å². The summed E-state index contributed by atoms with van der Waals surface area (Å²) < 4.78 is 17.0. The number of aromatic nitrogens is 6. The van der Waals surface area contributed by atoms with Gasteiger partial charge < -0.3 is 5.32 Å². The molecule has 0 saturated carbocycles. The van der Waals surface area contributed by atoms with Crippen molar-refractivity contribution < 1.29 is 9.18 Å². The molecule has 0 aliphatic carbocycles. The SMILES string of the molecule is CC(C)n1nccc1NC(=O)CSc1nnc(-c2ccncc2)n1-c1ccc(F)cc1. The van der Waals surface area contributed by atoms with Crippen LogP contribution in [0.2, 0.25) is 0 Å². The molecule has 1 N–H and O–H groups in total. The van der Waals surface area contributed by atoms with Gasteiger partial charge in [-0.2, -0.15) is 5.10 Å². The van der Waals surface area contributed by atoms with Crippen LogP contribution in [0, 0.1) is 5.82 Å². The van der Waals surface area contributed by atoms with Crippen molar-refractivity contribution in [1.82, 2.24) is 29.5 Å². The minimum atomic E-state index is -0.336. The number of pyridine rings is 1. The fourth-order valence-electron chi connectivity index (χ4n) is 3.01. The summed E-state index contributed by atoms with van der Waals surface area (Å²) in [5.74, 6) is 0.816. The van der Waals surface area contributed by atoms with Crippen molar-refractivity contribution in [2.24, 2.45) is 0 Å². The quantitative estimate of drug-likeness (QED) is 0.440.